The molecule has 12 rings (SSSR count). The summed E-state index contributed by atoms with van der Waals surface area (Å²) in [6, 6.07) is 72.9. The van der Waals surface area contributed by atoms with Gasteiger partial charge in [-0.15, -0.1) is 11.3 Å². The van der Waals surface area contributed by atoms with Crippen molar-refractivity contribution in [3.8, 4) is 50.2 Å². The minimum Gasteiger partial charge on any atom is -0.309 e. The Morgan fingerprint density at radius 2 is 1.14 bits per heavy atom. The average Bonchev–Trinajstić information content (AvgIpc) is 3.96. The minimum absolute atomic E-state index is 0.0529. The Bertz CT molecular complexity index is 3620. The summed E-state index contributed by atoms with van der Waals surface area (Å²) in [5.74, 6) is 0.349. The standard InChI is InChI=1S/C62H49NS/c1-5-40(45-36-53(61-55(37-45)52-23-13-16-26-60(52)64-61)44-28-31-50-49-21-11-14-24-56(49)62(3,4)57(50)38-44)34-43-17-9-10-20-48(43)47-30-27-41(33-39(47)2)42-29-32-59-54(35-42)51-22-12-15-25-58(51)63(59)46-18-7-6-8-19-46/h6-33,35-38,40H,5,34H2,1-4H3. The van der Waals surface area contributed by atoms with Gasteiger partial charge in [-0.25, -0.2) is 0 Å². The predicted octanol–water partition coefficient (Wildman–Crippen LogP) is 17.5. The molecule has 0 amide bonds. The number of hydrogen-bond donors (Lipinski definition) is 0. The highest BCUT2D eigenvalue weighted by Crippen LogP contribution is 2.51. The van der Waals surface area contributed by atoms with E-state index in [2.05, 4.69) is 226 Å². The summed E-state index contributed by atoms with van der Waals surface area (Å²) in [5.41, 5.74) is 21.0. The van der Waals surface area contributed by atoms with Crippen molar-refractivity contribution in [1.29, 1.82) is 0 Å². The summed E-state index contributed by atoms with van der Waals surface area (Å²) >= 11 is 1.94. The van der Waals surface area contributed by atoms with Crippen LogP contribution in [0, 0.1) is 6.92 Å². The van der Waals surface area contributed by atoms with Gasteiger partial charge in [0.25, 0.3) is 0 Å². The molecule has 9 aromatic carbocycles. The van der Waals surface area contributed by atoms with Gasteiger partial charge in [-0.2, -0.15) is 0 Å². The lowest BCUT2D eigenvalue weighted by atomic mass is 9.81. The number of thiophene rings is 1. The van der Waals surface area contributed by atoms with Crippen molar-refractivity contribution in [1.82, 2.24) is 4.57 Å². The van der Waals surface area contributed by atoms with Gasteiger partial charge >= 0.3 is 0 Å². The Hall–Kier alpha value is -7.00. The molecule has 1 nitrogen and oxygen atoms in total. The van der Waals surface area contributed by atoms with Gasteiger partial charge in [-0.1, -0.05) is 160 Å². The number of hydrogen-bond acceptors (Lipinski definition) is 1. The van der Waals surface area contributed by atoms with E-state index in [0.717, 1.165) is 12.8 Å². The molecular formula is C62H49NS. The van der Waals surface area contributed by atoms with Gasteiger partial charge in [0.2, 0.25) is 0 Å². The molecule has 0 radical (unpaired) electrons. The molecule has 0 aliphatic heterocycles. The summed E-state index contributed by atoms with van der Waals surface area (Å²) in [4.78, 5) is 0. The maximum atomic E-state index is 2.54. The summed E-state index contributed by atoms with van der Waals surface area (Å²) in [6.45, 7) is 9.42. The predicted molar refractivity (Wildman–Crippen MR) is 275 cm³/mol. The highest BCUT2D eigenvalue weighted by molar-refractivity contribution is 7.26. The van der Waals surface area contributed by atoms with Gasteiger partial charge in [-0.05, 0) is 153 Å². The molecule has 308 valence electrons. The summed E-state index contributed by atoms with van der Waals surface area (Å²) < 4.78 is 5.11. The normalized spacial score (nSPS) is 13.5. The zero-order valence-corrected chi connectivity index (χ0v) is 37.6. The van der Waals surface area contributed by atoms with E-state index in [4.69, 9.17) is 0 Å². The Labute approximate surface area is 379 Å². The van der Waals surface area contributed by atoms with Crippen molar-refractivity contribution in [2.45, 2.75) is 51.9 Å². The van der Waals surface area contributed by atoms with Crippen molar-refractivity contribution in [3.63, 3.8) is 0 Å². The van der Waals surface area contributed by atoms with E-state index in [0.29, 0.717) is 5.92 Å². The zero-order valence-electron chi connectivity index (χ0n) is 36.8. The number of fused-ring (bicyclic) bond motifs is 9. The smallest absolute Gasteiger partial charge is 0.0541 e. The van der Waals surface area contributed by atoms with Crippen LogP contribution in [0.4, 0.5) is 0 Å². The summed E-state index contributed by atoms with van der Waals surface area (Å²) in [5, 5.41) is 5.28. The molecule has 1 atom stereocenters. The van der Waals surface area contributed by atoms with E-state index >= 15 is 0 Å². The van der Waals surface area contributed by atoms with Crippen molar-refractivity contribution in [2.75, 3.05) is 0 Å². The first-order chi connectivity index (χ1) is 31.4. The van der Waals surface area contributed by atoms with Crippen LogP contribution in [-0.2, 0) is 11.8 Å². The third-order valence-electron chi connectivity index (χ3n) is 14.4. The van der Waals surface area contributed by atoms with Gasteiger partial charge < -0.3 is 4.57 Å². The van der Waals surface area contributed by atoms with Crippen molar-refractivity contribution in [2.24, 2.45) is 0 Å². The second-order valence-corrected chi connectivity index (χ2v) is 19.4. The van der Waals surface area contributed by atoms with E-state index in [1.54, 1.807) is 0 Å². The fraction of sp³-hybridized carbons (Fsp3) is 0.129. The van der Waals surface area contributed by atoms with Gasteiger partial charge in [-0.3, -0.25) is 0 Å². The van der Waals surface area contributed by atoms with Gasteiger partial charge in [0.05, 0.1) is 11.0 Å². The molecule has 1 aliphatic carbocycles. The van der Waals surface area contributed by atoms with E-state index in [1.807, 2.05) is 11.3 Å². The molecular weight excluding hydrogens is 791 g/mol. The van der Waals surface area contributed by atoms with Gasteiger partial charge in [0, 0.05) is 42.0 Å². The number of benzene rings is 9. The third-order valence-corrected chi connectivity index (χ3v) is 15.6. The first-order valence-corrected chi connectivity index (χ1v) is 23.7. The Kier molecular flexibility index (Phi) is 9.11. The van der Waals surface area contributed by atoms with Crippen LogP contribution in [0.5, 0.6) is 0 Å². The van der Waals surface area contributed by atoms with Crippen LogP contribution in [-0.4, -0.2) is 4.57 Å². The first kappa shape index (κ1) is 38.7. The highest BCUT2D eigenvalue weighted by atomic mass is 32.1. The second-order valence-electron chi connectivity index (χ2n) is 18.4. The molecule has 1 unspecified atom stereocenters. The molecule has 2 aromatic heterocycles. The molecule has 0 saturated heterocycles. The highest BCUT2D eigenvalue weighted by Gasteiger charge is 2.35. The van der Waals surface area contributed by atoms with E-state index in [1.165, 1.54) is 120 Å². The minimum atomic E-state index is -0.0529. The zero-order chi connectivity index (χ0) is 43.1. The Balaban J connectivity index is 0.914. The molecule has 64 heavy (non-hydrogen) atoms. The fourth-order valence-corrected chi connectivity index (χ4v) is 12.3. The lowest BCUT2D eigenvalue weighted by molar-refractivity contribution is 0.660. The lowest BCUT2D eigenvalue weighted by Gasteiger charge is -2.23. The number of aryl methyl sites for hydroxylation is 1. The average molecular weight is 840 g/mol. The Morgan fingerprint density at radius 1 is 0.484 bits per heavy atom. The van der Waals surface area contributed by atoms with E-state index < -0.39 is 0 Å². The van der Waals surface area contributed by atoms with Crippen molar-refractivity contribution in [3.05, 3.63) is 222 Å². The van der Waals surface area contributed by atoms with Crippen molar-refractivity contribution < 1.29 is 0 Å². The summed E-state index contributed by atoms with van der Waals surface area (Å²) in [7, 11) is 0. The Morgan fingerprint density at radius 3 is 1.98 bits per heavy atom. The second kappa shape index (κ2) is 15.1. The van der Waals surface area contributed by atoms with Crippen LogP contribution in [0.3, 0.4) is 0 Å². The number of rotatable bonds is 8. The fourth-order valence-electron chi connectivity index (χ4n) is 11.0. The van der Waals surface area contributed by atoms with Crippen LogP contribution in [0.2, 0.25) is 0 Å². The summed E-state index contributed by atoms with van der Waals surface area (Å²) in [6.07, 6.45) is 2.02. The molecule has 0 N–H and O–H groups in total. The topological polar surface area (TPSA) is 4.93 Å². The van der Waals surface area contributed by atoms with Gasteiger partial charge in [0.15, 0.2) is 0 Å². The van der Waals surface area contributed by atoms with E-state index in [-0.39, 0.29) is 5.41 Å². The molecule has 11 aromatic rings. The number of aromatic nitrogens is 1. The molecule has 2 heterocycles. The molecule has 0 spiro atoms. The van der Waals surface area contributed by atoms with Crippen LogP contribution >= 0.6 is 11.3 Å². The number of para-hydroxylation sites is 2. The number of nitrogens with zero attached hydrogens (tertiary/aromatic N) is 1. The molecule has 0 bridgehead atoms. The quantitative estimate of drug-likeness (QED) is 0.144. The van der Waals surface area contributed by atoms with Crippen molar-refractivity contribution >= 4 is 53.3 Å². The van der Waals surface area contributed by atoms with Crippen LogP contribution in [0.1, 0.15) is 60.9 Å². The molecule has 0 fully saturated rings. The van der Waals surface area contributed by atoms with E-state index in [9.17, 15) is 0 Å². The molecule has 0 saturated carbocycles. The molecule has 2 heteroatoms. The van der Waals surface area contributed by atoms with Crippen LogP contribution < -0.4 is 0 Å². The monoisotopic (exact) mass is 839 g/mol. The maximum Gasteiger partial charge on any atom is 0.0541 e. The third kappa shape index (κ3) is 6.11. The van der Waals surface area contributed by atoms with Gasteiger partial charge in [0.1, 0.15) is 0 Å². The van der Waals surface area contributed by atoms with Crippen LogP contribution in [0.25, 0.3) is 92.2 Å². The lowest BCUT2D eigenvalue weighted by Crippen LogP contribution is -2.14. The SMILES string of the molecule is CCC(Cc1ccccc1-c1ccc(-c2ccc3c(c2)c2ccccc2n3-c2ccccc2)cc1C)c1cc(-c2ccc3c(c2)C(C)(C)c2ccccc2-3)c2sc3ccccc3c2c1. The maximum absolute atomic E-state index is 2.54. The largest absolute Gasteiger partial charge is 0.309 e. The molecule has 1 aliphatic rings. The first-order valence-electron chi connectivity index (χ1n) is 22.8. The van der Waals surface area contributed by atoms with Crippen LogP contribution in [0.15, 0.2) is 194 Å².